The van der Waals surface area contributed by atoms with E-state index in [1.165, 1.54) is 6.20 Å². The highest BCUT2D eigenvalue weighted by molar-refractivity contribution is 5.95. The van der Waals surface area contributed by atoms with Gasteiger partial charge in [0.25, 0.3) is 5.91 Å². The predicted octanol–water partition coefficient (Wildman–Crippen LogP) is 1.22. The van der Waals surface area contributed by atoms with Gasteiger partial charge in [-0.25, -0.2) is 0 Å². The van der Waals surface area contributed by atoms with Crippen LogP contribution in [0.3, 0.4) is 0 Å². The number of nitrogens with one attached hydrogen (secondary N) is 1. The highest BCUT2D eigenvalue weighted by atomic mass is 16.2. The first kappa shape index (κ1) is 14.7. The van der Waals surface area contributed by atoms with Crippen molar-refractivity contribution in [1.82, 2.24) is 10.3 Å². The van der Waals surface area contributed by atoms with Gasteiger partial charge in [-0.05, 0) is 30.2 Å². The van der Waals surface area contributed by atoms with Crippen LogP contribution in [0.2, 0.25) is 0 Å². The molecule has 3 N–H and O–H groups in total. The second kappa shape index (κ2) is 6.65. The normalized spacial score (nSPS) is 11.7. The minimum Gasteiger partial charge on any atom is -0.368 e. The van der Waals surface area contributed by atoms with Crippen molar-refractivity contribution in [3.8, 4) is 0 Å². The second-order valence-electron chi connectivity index (χ2n) is 4.77. The largest absolute Gasteiger partial charge is 0.368 e. The zero-order valence-electron chi connectivity index (χ0n) is 11.7. The van der Waals surface area contributed by atoms with Crippen LogP contribution in [-0.2, 0) is 11.2 Å². The maximum atomic E-state index is 12.1. The second-order valence-corrected chi connectivity index (χ2v) is 4.77. The number of primary amides is 1. The fourth-order valence-corrected chi connectivity index (χ4v) is 2.01. The molecule has 1 aromatic heterocycles. The lowest BCUT2D eigenvalue weighted by atomic mass is 10.0. The summed E-state index contributed by atoms with van der Waals surface area (Å²) in [6.45, 7) is 1.95. The maximum absolute atomic E-state index is 12.1. The summed E-state index contributed by atoms with van der Waals surface area (Å²) < 4.78 is 0. The van der Waals surface area contributed by atoms with E-state index in [0.717, 1.165) is 11.1 Å². The van der Waals surface area contributed by atoms with Crippen LogP contribution in [0.4, 0.5) is 0 Å². The zero-order valence-corrected chi connectivity index (χ0v) is 11.7. The van der Waals surface area contributed by atoms with Gasteiger partial charge in [0.1, 0.15) is 11.7 Å². The molecule has 0 saturated heterocycles. The lowest BCUT2D eigenvalue weighted by Gasteiger charge is -2.16. The molecule has 0 aliphatic heterocycles. The van der Waals surface area contributed by atoms with E-state index in [2.05, 4.69) is 10.3 Å². The molecular formula is C16H17N3O2. The molecule has 0 fully saturated rings. The van der Waals surface area contributed by atoms with Gasteiger partial charge >= 0.3 is 0 Å². The molecule has 1 heterocycles. The molecule has 0 saturated carbocycles. The highest BCUT2D eigenvalue weighted by Crippen LogP contribution is 2.10. The fraction of sp³-hybridized carbons (Fsp3) is 0.188. The van der Waals surface area contributed by atoms with Crippen molar-refractivity contribution in [2.45, 2.75) is 19.4 Å². The molecule has 5 nitrogen and oxygen atoms in total. The maximum Gasteiger partial charge on any atom is 0.270 e. The number of nitrogens with zero attached hydrogens (tertiary/aromatic N) is 1. The van der Waals surface area contributed by atoms with Gasteiger partial charge in [0.15, 0.2) is 0 Å². The molecule has 0 radical (unpaired) electrons. The highest BCUT2D eigenvalue weighted by Gasteiger charge is 2.20. The van der Waals surface area contributed by atoms with Crippen LogP contribution >= 0.6 is 0 Å². The van der Waals surface area contributed by atoms with E-state index in [1.54, 1.807) is 18.2 Å². The summed E-state index contributed by atoms with van der Waals surface area (Å²) in [4.78, 5) is 27.6. The van der Waals surface area contributed by atoms with Gasteiger partial charge in [-0.2, -0.15) is 0 Å². The summed E-state index contributed by atoms with van der Waals surface area (Å²) in [5, 5.41) is 2.63. The van der Waals surface area contributed by atoms with Crippen LogP contribution in [0.25, 0.3) is 0 Å². The fourth-order valence-electron chi connectivity index (χ4n) is 2.01. The van der Waals surface area contributed by atoms with E-state index in [-0.39, 0.29) is 5.69 Å². The molecule has 1 atom stereocenters. The molecule has 5 heteroatoms. The number of hydrogen-bond donors (Lipinski definition) is 2. The molecule has 0 aliphatic carbocycles. The van der Waals surface area contributed by atoms with E-state index >= 15 is 0 Å². The summed E-state index contributed by atoms with van der Waals surface area (Å²) in [5.41, 5.74) is 7.67. The van der Waals surface area contributed by atoms with Crippen LogP contribution in [0.5, 0.6) is 0 Å². The van der Waals surface area contributed by atoms with Crippen LogP contribution in [0.15, 0.2) is 48.7 Å². The number of aromatic nitrogens is 1. The number of benzene rings is 1. The van der Waals surface area contributed by atoms with Crippen molar-refractivity contribution in [1.29, 1.82) is 0 Å². The van der Waals surface area contributed by atoms with Crippen molar-refractivity contribution in [2.24, 2.45) is 5.73 Å². The number of hydrogen-bond acceptors (Lipinski definition) is 3. The molecule has 0 unspecified atom stereocenters. The van der Waals surface area contributed by atoms with Gasteiger partial charge in [-0.1, -0.05) is 30.3 Å². The molecule has 1 aromatic carbocycles. The summed E-state index contributed by atoms with van der Waals surface area (Å²) >= 11 is 0. The average molecular weight is 283 g/mol. The molecule has 0 aliphatic rings. The number of carbonyl (C=O) groups excluding carboxylic acids is 2. The predicted molar refractivity (Wildman–Crippen MR) is 79.6 cm³/mol. The topological polar surface area (TPSA) is 85.1 Å². The van der Waals surface area contributed by atoms with Crippen LogP contribution in [-0.4, -0.2) is 22.8 Å². The summed E-state index contributed by atoms with van der Waals surface area (Å²) in [7, 11) is 0. The van der Waals surface area contributed by atoms with Gasteiger partial charge in [0.05, 0.1) is 0 Å². The van der Waals surface area contributed by atoms with E-state index in [9.17, 15) is 9.59 Å². The Hall–Kier alpha value is -2.69. The molecule has 2 aromatic rings. The Morgan fingerprint density at radius 3 is 2.52 bits per heavy atom. The number of nitrogens with two attached hydrogens (primary N) is 1. The van der Waals surface area contributed by atoms with E-state index in [1.807, 2.05) is 31.2 Å². The smallest absolute Gasteiger partial charge is 0.270 e. The first-order valence-electron chi connectivity index (χ1n) is 6.63. The van der Waals surface area contributed by atoms with Crippen molar-refractivity contribution < 1.29 is 9.59 Å². The Balaban J connectivity index is 2.12. The van der Waals surface area contributed by atoms with Crippen molar-refractivity contribution >= 4 is 11.8 Å². The molecule has 2 amide bonds. The molecule has 2 rings (SSSR count). The lowest BCUT2D eigenvalue weighted by Crippen LogP contribution is -2.46. The van der Waals surface area contributed by atoms with Crippen molar-refractivity contribution in [3.05, 3.63) is 65.5 Å². The van der Waals surface area contributed by atoms with Gasteiger partial charge in [-0.15, -0.1) is 0 Å². The number of pyridine rings is 1. The van der Waals surface area contributed by atoms with Crippen molar-refractivity contribution in [3.63, 3.8) is 0 Å². The third kappa shape index (κ3) is 3.89. The third-order valence-electron chi connectivity index (χ3n) is 3.23. The summed E-state index contributed by atoms with van der Waals surface area (Å²) in [6, 6.07) is 11.9. The van der Waals surface area contributed by atoms with Gasteiger partial charge in [0, 0.05) is 12.6 Å². The van der Waals surface area contributed by atoms with Crippen LogP contribution < -0.4 is 11.1 Å². The number of aryl methyl sites for hydroxylation is 1. The van der Waals surface area contributed by atoms with Crippen LogP contribution in [0.1, 0.15) is 21.6 Å². The van der Waals surface area contributed by atoms with E-state index < -0.39 is 17.9 Å². The summed E-state index contributed by atoms with van der Waals surface area (Å²) in [6.07, 6.45) is 1.89. The molecule has 0 spiro atoms. The van der Waals surface area contributed by atoms with Gasteiger partial charge in [0.2, 0.25) is 5.91 Å². The number of rotatable bonds is 5. The Bertz CT molecular complexity index is 641. The number of amides is 2. The van der Waals surface area contributed by atoms with Crippen molar-refractivity contribution in [2.75, 3.05) is 0 Å². The molecular weight excluding hydrogens is 266 g/mol. The monoisotopic (exact) mass is 283 g/mol. The zero-order chi connectivity index (χ0) is 15.2. The Labute approximate surface area is 123 Å². The SMILES string of the molecule is Cc1ccccc1C[C@@H](NC(=O)c1ccccn1)C(N)=O. The minimum atomic E-state index is -0.763. The average Bonchev–Trinajstić information content (AvgIpc) is 2.49. The molecule has 21 heavy (non-hydrogen) atoms. The third-order valence-corrected chi connectivity index (χ3v) is 3.23. The Morgan fingerprint density at radius 1 is 1.19 bits per heavy atom. The first-order chi connectivity index (χ1) is 10.1. The van der Waals surface area contributed by atoms with Gasteiger partial charge in [-0.3, -0.25) is 14.6 Å². The lowest BCUT2D eigenvalue weighted by molar-refractivity contribution is -0.119. The quantitative estimate of drug-likeness (QED) is 0.865. The van der Waals surface area contributed by atoms with Gasteiger partial charge < -0.3 is 11.1 Å². The summed E-state index contributed by atoms with van der Waals surface area (Å²) in [5.74, 6) is -0.976. The van der Waals surface area contributed by atoms with E-state index in [0.29, 0.717) is 6.42 Å². The Kier molecular flexibility index (Phi) is 4.66. The standard InChI is InChI=1S/C16H17N3O2/c1-11-6-2-3-7-12(11)10-14(15(17)20)19-16(21)13-8-4-5-9-18-13/h2-9,14H,10H2,1H3,(H2,17,20)(H,19,21)/t14-/m1/s1. The number of carbonyl (C=O) groups is 2. The minimum absolute atomic E-state index is 0.258. The van der Waals surface area contributed by atoms with Crippen LogP contribution in [0, 0.1) is 6.92 Å². The Morgan fingerprint density at radius 2 is 1.90 bits per heavy atom. The first-order valence-corrected chi connectivity index (χ1v) is 6.63. The molecule has 0 bridgehead atoms. The van der Waals surface area contributed by atoms with E-state index in [4.69, 9.17) is 5.73 Å². The molecule has 108 valence electrons.